The lowest BCUT2D eigenvalue weighted by Crippen LogP contribution is -2.20. The fourth-order valence-corrected chi connectivity index (χ4v) is 3.40. The lowest BCUT2D eigenvalue weighted by Gasteiger charge is -2.35. The van der Waals surface area contributed by atoms with Gasteiger partial charge in [-0.1, -0.05) is 42.2 Å². The van der Waals surface area contributed by atoms with Crippen molar-refractivity contribution in [3.8, 4) is 0 Å². The predicted molar refractivity (Wildman–Crippen MR) is 92.4 cm³/mol. The number of hydrogen-bond acceptors (Lipinski definition) is 1. The van der Waals surface area contributed by atoms with E-state index in [0.717, 1.165) is 19.1 Å². The summed E-state index contributed by atoms with van der Waals surface area (Å²) in [5.74, 6) is 0. The summed E-state index contributed by atoms with van der Waals surface area (Å²) in [6, 6.07) is 0. The molecule has 0 atom stereocenters. The average molecular weight is 288 g/mol. The Kier molecular flexibility index (Phi) is 7.14. The molecule has 0 N–H and O–H groups in total. The lowest BCUT2D eigenvalue weighted by molar-refractivity contribution is -0.104. The SMILES string of the molecule is CC1=C(CC/C(C)=C/CC/C(C)=C/C=O)C(C)(C)CCC1. The first kappa shape index (κ1) is 17.9. The summed E-state index contributed by atoms with van der Waals surface area (Å²) in [6.45, 7) is 11.4. The van der Waals surface area contributed by atoms with E-state index in [-0.39, 0.29) is 0 Å². The zero-order valence-electron chi connectivity index (χ0n) is 14.6. The van der Waals surface area contributed by atoms with Crippen LogP contribution >= 0.6 is 0 Å². The minimum absolute atomic E-state index is 0.395. The van der Waals surface area contributed by atoms with Crippen molar-refractivity contribution in [2.45, 2.75) is 79.6 Å². The molecular weight excluding hydrogens is 256 g/mol. The Morgan fingerprint density at radius 3 is 2.52 bits per heavy atom. The van der Waals surface area contributed by atoms with Crippen molar-refractivity contribution in [2.24, 2.45) is 5.41 Å². The number of carbonyl (C=O) groups is 1. The van der Waals surface area contributed by atoms with E-state index in [1.807, 2.05) is 6.92 Å². The Morgan fingerprint density at radius 2 is 1.90 bits per heavy atom. The monoisotopic (exact) mass is 288 g/mol. The van der Waals surface area contributed by atoms with Gasteiger partial charge < -0.3 is 0 Å². The fourth-order valence-electron chi connectivity index (χ4n) is 3.40. The quantitative estimate of drug-likeness (QED) is 0.311. The summed E-state index contributed by atoms with van der Waals surface area (Å²) < 4.78 is 0. The molecule has 1 heteroatoms. The summed E-state index contributed by atoms with van der Waals surface area (Å²) >= 11 is 0. The first-order chi connectivity index (χ1) is 9.86. The molecule has 1 nitrogen and oxygen atoms in total. The van der Waals surface area contributed by atoms with Gasteiger partial charge in [0, 0.05) is 0 Å². The van der Waals surface area contributed by atoms with E-state index >= 15 is 0 Å². The highest BCUT2D eigenvalue weighted by Gasteiger charge is 2.27. The van der Waals surface area contributed by atoms with Crippen LogP contribution in [0, 0.1) is 5.41 Å². The van der Waals surface area contributed by atoms with Gasteiger partial charge in [0.05, 0.1) is 0 Å². The second-order valence-corrected chi connectivity index (χ2v) is 7.23. The van der Waals surface area contributed by atoms with Gasteiger partial charge >= 0.3 is 0 Å². The molecular formula is C20H32O. The maximum absolute atomic E-state index is 10.4. The van der Waals surface area contributed by atoms with E-state index in [9.17, 15) is 4.79 Å². The number of carbonyl (C=O) groups excluding carboxylic acids is 1. The Hall–Kier alpha value is -1.11. The van der Waals surface area contributed by atoms with Crippen molar-refractivity contribution in [2.75, 3.05) is 0 Å². The molecule has 0 unspecified atom stereocenters. The molecule has 0 aliphatic heterocycles. The van der Waals surface area contributed by atoms with Gasteiger partial charge in [-0.3, -0.25) is 4.79 Å². The van der Waals surface area contributed by atoms with Gasteiger partial charge in [0.25, 0.3) is 0 Å². The summed E-state index contributed by atoms with van der Waals surface area (Å²) in [4.78, 5) is 10.4. The highest BCUT2D eigenvalue weighted by molar-refractivity contribution is 5.65. The van der Waals surface area contributed by atoms with E-state index in [1.165, 1.54) is 43.3 Å². The van der Waals surface area contributed by atoms with Gasteiger partial charge in [-0.05, 0) is 77.2 Å². The van der Waals surface area contributed by atoms with Gasteiger partial charge in [-0.15, -0.1) is 0 Å². The number of allylic oxidation sites excluding steroid dienone is 6. The van der Waals surface area contributed by atoms with Crippen LogP contribution in [-0.2, 0) is 4.79 Å². The van der Waals surface area contributed by atoms with Crippen molar-refractivity contribution in [3.05, 3.63) is 34.4 Å². The van der Waals surface area contributed by atoms with E-state index < -0.39 is 0 Å². The minimum Gasteiger partial charge on any atom is -0.299 e. The summed E-state index contributed by atoms with van der Waals surface area (Å²) in [6.07, 6.45) is 13.3. The summed E-state index contributed by atoms with van der Waals surface area (Å²) in [5, 5.41) is 0. The summed E-state index contributed by atoms with van der Waals surface area (Å²) in [5.41, 5.74) is 6.37. The van der Waals surface area contributed by atoms with E-state index in [2.05, 4.69) is 33.8 Å². The van der Waals surface area contributed by atoms with E-state index in [4.69, 9.17) is 0 Å². The molecule has 0 saturated carbocycles. The molecule has 21 heavy (non-hydrogen) atoms. The van der Waals surface area contributed by atoms with Crippen molar-refractivity contribution >= 4 is 6.29 Å². The second-order valence-electron chi connectivity index (χ2n) is 7.23. The molecule has 0 spiro atoms. The highest BCUT2D eigenvalue weighted by Crippen LogP contribution is 2.42. The van der Waals surface area contributed by atoms with Gasteiger partial charge in [0.15, 0.2) is 0 Å². The molecule has 118 valence electrons. The van der Waals surface area contributed by atoms with Gasteiger partial charge in [-0.2, -0.15) is 0 Å². The Balaban J connectivity index is 2.50. The van der Waals surface area contributed by atoms with E-state index in [1.54, 1.807) is 17.2 Å². The lowest BCUT2D eigenvalue weighted by atomic mass is 9.71. The maximum atomic E-state index is 10.4. The third-order valence-corrected chi connectivity index (χ3v) is 4.84. The van der Waals surface area contributed by atoms with E-state index in [0.29, 0.717) is 5.41 Å². The van der Waals surface area contributed by atoms with Gasteiger partial charge in [-0.25, -0.2) is 0 Å². The Bertz CT molecular complexity index is 446. The molecule has 1 rings (SSSR count). The van der Waals surface area contributed by atoms with Crippen LogP contribution in [0.1, 0.15) is 79.6 Å². The molecule has 1 aliphatic carbocycles. The molecule has 0 saturated heterocycles. The third kappa shape index (κ3) is 6.03. The zero-order chi connectivity index (χ0) is 15.9. The van der Waals surface area contributed by atoms with Crippen LogP contribution in [0.15, 0.2) is 34.4 Å². The van der Waals surface area contributed by atoms with Crippen LogP contribution < -0.4 is 0 Å². The third-order valence-electron chi connectivity index (χ3n) is 4.84. The van der Waals surface area contributed by atoms with Gasteiger partial charge in [0.2, 0.25) is 0 Å². The standard InChI is InChI=1S/C20H32O/c1-16(8-6-9-17(2)13-15-21)11-12-19-18(3)10-7-14-20(19,4)5/h8,13,15H,6-7,9-12,14H2,1-5H3/b16-8+,17-13+. The van der Waals surface area contributed by atoms with Crippen LogP contribution in [0.25, 0.3) is 0 Å². The molecule has 0 heterocycles. The first-order valence-electron chi connectivity index (χ1n) is 8.32. The molecule has 0 bridgehead atoms. The molecule has 0 fully saturated rings. The smallest absolute Gasteiger partial charge is 0.142 e. The molecule has 1 aliphatic rings. The Morgan fingerprint density at radius 1 is 1.19 bits per heavy atom. The number of aldehydes is 1. The van der Waals surface area contributed by atoms with Crippen molar-refractivity contribution in [1.29, 1.82) is 0 Å². The maximum Gasteiger partial charge on any atom is 0.142 e. The highest BCUT2D eigenvalue weighted by atomic mass is 16.1. The first-order valence-corrected chi connectivity index (χ1v) is 8.32. The van der Waals surface area contributed by atoms with Gasteiger partial charge in [0.1, 0.15) is 6.29 Å². The Labute approximate surface area is 131 Å². The van der Waals surface area contributed by atoms with Crippen LogP contribution in [0.5, 0.6) is 0 Å². The predicted octanol–water partition coefficient (Wildman–Crippen LogP) is 6.16. The molecule has 0 aromatic rings. The van der Waals surface area contributed by atoms with Crippen LogP contribution in [0.4, 0.5) is 0 Å². The molecule has 0 aromatic carbocycles. The summed E-state index contributed by atoms with van der Waals surface area (Å²) in [7, 11) is 0. The number of hydrogen-bond donors (Lipinski definition) is 0. The van der Waals surface area contributed by atoms with Crippen molar-refractivity contribution in [3.63, 3.8) is 0 Å². The minimum atomic E-state index is 0.395. The van der Waals surface area contributed by atoms with Crippen molar-refractivity contribution in [1.82, 2.24) is 0 Å². The fraction of sp³-hybridized carbons (Fsp3) is 0.650. The van der Waals surface area contributed by atoms with Crippen LogP contribution in [-0.4, -0.2) is 6.29 Å². The average Bonchev–Trinajstić information content (AvgIpc) is 2.37. The molecule has 0 aromatic heterocycles. The van der Waals surface area contributed by atoms with Crippen LogP contribution in [0.2, 0.25) is 0 Å². The van der Waals surface area contributed by atoms with Crippen LogP contribution in [0.3, 0.4) is 0 Å². The number of rotatable bonds is 7. The zero-order valence-corrected chi connectivity index (χ0v) is 14.6. The largest absolute Gasteiger partial charge is 0.299 e. The second kappa shape index (κ2) is 8.36. The molecule has 0 amide bonds. The van der Waals surface area contributed by atoms with Crippen molar-refractivity contribution < 1.29 is 4.79 Å². The topological polar surface area (TPSA) is 17.1 Å². The molecule has 0 radical (unpaired) electrons. The normalized spacial score (nSPS) is 19.9.